The number of carbonyl (C=O) groups excluding carboxylic acids is 1. The number of hydrogen-bond donors (Lipinski definition) is 2. The highest BCUT2D eigenvalue weighted by Crippen LogP contribution is 2.40. The van der Waals surface area contributed by atoms with Gasteiger partial charge in [0, 0.05) is 17.7 Å². The largest absolute Gasteiger partial charge is 0.393 e. The summed E-state index contributed by atoms with van der Waals surface area (Å²) in [4.78, 5) is 20.4. The second-order valence-electron chi connectivity index (χ2n) is 10.1. The lowest BCUT2D eigenvalue weighted by molar-refractivity contribution is -0.124. The molecule has 6 nitrogen and oxygen atoms in total. The van der Waals surface area contributed by atoms with Crippen molar-refractivity contribution >= 4 is 28.7 Å². The second kappa shape index (κ2) is 9.88. The number of anilines is 3. The summed E-state index contributed by atoms with van der Waals surface area (Å²) >= 11 is 0. The molecule has 1 amide bonds. The molecule has 1 aromatic heterocycles. The normalized spacial score (nSPS) is 24.5. The van der Waals surface area contributed by atoms with Crippen LogP contribution in [0.5, 0.6) is 0 Å². The van der Waals surface area contributed by atoms with E-state index in [-0.39, 0.29) is 30.1 Å². The number of aliphatic hydroxyl groups is 1. The van der Waals surface area contributed by atoms with E-state index in [1.165, 1.54) is 5.57 Å². The fraction of sp³-hybridized carbons (Fsp3) is 0.500. The maximum absolute atomic E-state index is 13.9. The first-order valence-electron chi connectivity index (χ1n) is 12.7. The maximum Gasteiger partial charge on any atom is 0.230 e. The average Bonchev–Trinajstić information content (AvgIpc) is 3.00. The van der Waals surface area contributed by atoms with Gasteiger partial charge in [-0.25, -0.2) is 4.98 Å². The van der Waals surface area contributed by atoms with E-state index in [0.29, 0.717) is 13.0 Å². The third-order valence-corrected chi connectivity index (χ3v) is 7.27. The number of hydrogen-bond acceptors (Lipinski definition) is 5. The molecule has 2 heterocycles. The fourth-order valence-electron chi connectivity index (χ4n) is 5.45. The fourth-order valence-corrected chi connectivity index (χ4v) is 5.45. The molecule has 1 aliphatic heterocycles. The molecular weight excluding hydrogens is 426 g/mol. The van der Waals surface area contributed by atoms with Crippen LogP contribution in [0.25, 0.3) is 5.57 Å². The predicted octanol–water partition coefficient (Wildman–Crippen LogP) is 5.58. The number of allylic oxidation sites excluding steroid dienone is 1. The Morgan fingerprint density at radius 3 is 2.74 bits per heavy atom. The molecule has 1 saturated carbocycles. The number of aliphatic hydroxyl groups excluding tert-OH is 1. The first kappa shape index (κ1) is 23.1. The number of amides is 1. The van der Waals surface area contributed by atoms with Crippen LogP contribution in [0.3, 0.4) is 0 Å². The first-order chi connectivity index (χ1) is 16.5. The summed E-state index contributed by atoms with van der Waals surface area (Å²) in [5.41, 5.74) is 5.20. The van der Waals surface area contributed by atoms with Gasteiger partial charge in [-0.15, -0.1) is 0 Å². The number of benzene rings is 1. The number of pyridine rings is 1. The summed E-state index contributed by atoms with van der Waals surface area (Å²) in [6.45, 7) is 4.65. The van der Waals surface area contributed by atoms with Crippen LogP contribution in [0.1, 0.15) is 69.9 Å². The number of aromatic nitrogens is 1. The Morgan fingerprint density at radius 1 is 1.18 bits per heavy atom. The number of nitrogens with one attached hydrogen (secondary N) is 1. The van der Waals surface area contributed by atoms with Crippen LogP contribution < -0.4 is 10.2 Å². The van der Waals surface area contributed by atoms with Crippen molar-refractivity contribution in [1.29, 1.82) is 0 Å². The van der Waals surface area contributed by atoms with Crippen LogP contribution >= 0.6 is 0 Å². The van der Waals surface area contributed by atoms with Gasteiger partial charge in [-0.3, -0.25) is 4.79 Å². The number of rotatable bonds is 4. The number of carbonyl (C=O) groups is 1. The molecule has 2 aromatic rings. The van der Waals surface area contributed by atoms with E-state index in [9.17, 15) is 9.90 Å². The van der Waals surface area contributed by atoms with Crippen LogP contribution in [0.15, 0.2) is 42.6 Å². The maximum atomic E-state index is 13.9. The number of fused-ring (bicyclic) bond motifs is 2. The topological polar surface area (TPSA) is 74.7 Å². The highest BCUT2D eigenvalue weighted by molar-refractivity contribution is 6.00. The first-order valence-corrected chi connectivity index (χ1v) is 12.7. The zero-order valence-electron chi connectivity index (χ0n) is 20.2. The van der Waals surface area contributed by atoms with E-state index in [1.54, 1.807) is 6.20 Å². The smallest absolute Gasteiger partial charge is 0.230 e. The minimum absolute atomic E-state index is 0.00535. The van der Waals surface area contributed by atoms with Crippen molar-refractivity contribution in [3.63, 3.8) is 0 Å². The highest BCUT2D eigenvalue weighted by atomic mass is 16.5. The van der Waals surface area contributed by atoms with Crippen LogP contribution in [0.2, 0.25) is 0 Å². The molecule has 3 aliphatic rings. The minimum Gasteiger partial charge on any atom is -0.393 e. The van der Waals surface area contributed by atoms with Crippen molar-refractivity contribution in [3.05, 3.63) is 53.7 Å². The summed E-state index contributed by atoms with van der Waals surface area (Å²) in [7, 11) is 0. The van der Waals surface area contributed by atoms with Crippen molar-refractivity contribution in [3.8, 4) is 0 Å². The SMILES string of the molecule is CC(C)OC1CCC(C(=O)N2Cc3cccnc3Nc3ccc(C4=CCC(O)CC4)cc32)CC1. The molecule has 1 aromatic carbocycles. The standard InChI is InChI=1S/C28H35N3O3/c1-18(2)34-24-12-7-20(8-13-24)28(33)31-17-22-4-3-15-29-27(22)30-25-14-9-21(16-26(25)31)19-5-10-23(32)11-6-19/h3-5,9,14-16,18,20,23-24,32H,6-8,10-13,17H2,1-2H3,(H,29,30). The third kappa shape index (κ3) is 4.89. The van der Waals surface area contributed by atoms with E-state index in [1.807, 2.05) is 17.0 Å². The molecule has 1 atom stereocenters. The van der Waals surface area contributed by atoms with Gasteiger partial charge in [-0.2, -0.15) is 0 Å². The Morgan fingerprint density at radius 2 is 2.00 bits per heavy atom. The van der Waals surface area contributed by atoms with Crippen molar-refractivity contribution in [1.82, 2.24) is 4.98 Å². The van der Waals surface area contributed by atoms with E-state index in [0.717, 1.165) is 66.8 Å². The number of ether oxygens (including phenoxy) is 1. The lowest BCUT2D eigenvalue weighted by atomic mass is 9.86. The van der Waals surface area contributed by atoms with Gasteiger partial charge in [0.15, 0.2) is 0 Å². The molecule has 0 saturated heterocycles. The molecule has 180 valence electrons. The van der Waals surface area contributed by atoms with Crippen LogP contribution in [-0.2, 0) is 16.1 Å². The summed E-state index contributed by atoms with van der Waals surface area (Å²) in [6, 6.07) is 10.3. The molecule has 1 unspecified atom stereocenters. The summed E-state index contributed by atoms with van der Waals surface area (Å²) in [5.74, 6) is 1.000. The summed E-state index contributed by atoms with van der Waals surface area (Å²) < 4.78 is 6.01. The third-order valence-electron chi connectivity index (χ3n) is 7.27. The van der Waals surface area contributed by atoms with Gasteiger partial charge in [0.1, 0.15) is 5.82 Å². The molecule has 0 bridgehead atoms. The molecule has 6 heteroatoms. The van der Waals surface area contributed by atoms with Gasteiger partial charge in [0.05, 0.1) is 36.2 Å². The Bertz CT molecular complexity index is 1070. The highest BCUT2D eigenvalue weighted by Gasteiger charge is 2.33. The minimum atomic E-state index is -0.250. The van der Waals surface area contributed by atoms with Crippen molar-refractivity contribution in [2.75, 3.05) is 10.2 Å². The van der Waals surface area contributed by atoms with Gasteiger partial charge in [0.25, 0.3) is 0 Å². The lowest BCUT2D eigenvalue weighted by Gasteiger charge is -2.33. The number of nitrogens with zero attached hydrogens (tertiary/aromatic N) is 2. The quantitative estimate of drug-likeness (QED) is 0.621. The Balaban J connectivity index is 1.45. The van der Waals surface area contributed by atoms with Gasteiger partial charge in [-0.05, 0) is 88.1 Å². The molecule has 0 spiro atoms. The molecule has 34 heavy (non-hydrogen) atoms. The van der Waals surface area contributed by atoms with Crippen LogP contribution in [-0.4, -0.2) is 34.3 Å². The van der Waals surface area contributed by atoms with Crippen molar-refractivity contribution < 1.29 is 14.6 Å². The molecular formula is C28H35N3O3. The predicted molar refractivity (Wildman–Crippen MR) is 135 cm³/mol. The Hall–Kier alpha value is -2.70. The average molecular weight is 462 g/mol. The van der Waals surface area contributed by atoms with Crippen molar-refractivity contribution in [2.24, 2.45) is 5.92 Å². The molecule has 2 aliphatic carbocycles. The zero-order chi connectivity index (χ0) is 23.7. The summed E-state index contributed by atoms with van der Waals surface area (Å²) in [5, 5.41) is 13.4. The monoisotopic (exact) mass is 461 g/mol. The van der Waals surface area contributed by atoms with Crippen molar-refractivity contribution in [2.45, 2.75) is 83.6 Å². The van der Waals surface area contributed by atoms with Crippen LogP contribution in [0.4, 0.5) is 17.2 Å². The van der Waals surface area contributed by atoms with E-state index < -0.39 is 0 Å². The van der Waals surface area contributed by atoms with E-state index in [2.05, 4.69) is 48.4 Å². The van der Waals surface area contributed by atoms with Crippen LogP contribution in [0, 0.1) is 5.92 Å². The van der Waals surface area contributed by atoms with E-state index in [4.69, 9.17) is 4.74 Å². The molecule has 0 radical (unpaired) electrons. The van der Waals surface area contributed by atoms with Gasteiger partial charge in [-0.1, -0.05) is 18.2 Å². The lowest BCUT2D eigenvalue weighted by Crippen LogP contribution is -2.38. The Kier molecular flexibility index (Phi) is 6.70. The molecule has 5 rings (SSSR count). The molecule has 1 fully saturated rings. The zero-order valence-corrected chi connectivity index (χ0v) is 20.2. The van der Waals surface area contributed by atoms with Gasteiger partial charge in [0.2, 0.25) is 5.91 Å². The van der Waals surface area contributed by atoms with E-state index >= 15 is 0 Å². The second-order valence-corrected chi connectivity index (χ2v) is 10.1. The van der Waals surface area contributed by atoms with Gasteiger partial charge >= 0.3 is 0 Å². The summed E-state index contributed by atoms with van der Waals surface area (Å²) in [6.07, 6.45) is 10.0. The molecule has 2 N–H and O–H groups in total. The Labute approximate surface area is 202 Å². The van der Waals surface area contributed by atoms with Gasteiger partial charge < -0.3 is 20.1 Å².